The predicted molar refractivity (Wildman–Crippen MR) is 97.0 cm³/mol. The van der Waals surface area contributed by atoms with E-state index in [-0.39, 0.29) is 0 Å². The zero-order valence-electron chi connectivity index (χ0n) is 13.8. The molecule has 32 heavy (non-hydrogen) atoms. The van der Waals surface area contributed by atoms with Crippen LogP contribution in [0.25, 0.3) is 0 Å². The van der Waals surface area contributed by atoms with E-state index in [0.29, 0.717) is 0 Å². The van der Waals surface area contributed by atoms with Crippen LogP contribution in [0.15, 0.2) is 9.79 Å². The molecule has 0 aliphatic heterocycles. The second-order valence-electron chi connectivity index (χ2n) is 4.83. The van der Waals surface area contributed by atoms with Crippen LogP contribution in [0.1, 0.15) is 0 Å². The molecule has 0 spiro atoms. The van der Waals surface area contributed by atoms with Gasteiger partial charge in [-0.2, -0.15) is 21.9 Å². The van der Waals surface area contributed by atoms with Gasteiger partial charge in [0.15, 0.2) is 56.3 Å². The second-order valence-corrected chi connectivity index (χ2v) is 9.87. The van der Waals surface area contributed by atoms with Crippen LogP contribution in [0.4, 0.5) is 43.9 Å². The highest BCUT2D eigenvalue weighted by molar-refractivity contribution is 14.1. The Bertz CT molecular complexity index is 1130. The van der Waals surface area contributed by atoms with Gasteiger partial charge < -0.3 is 0 Å². The van der Waals surface area contributed by atoms with Crippen molar-refractivity contribution in [1.82, 2.24) is 0 Å². The Morgan fingerprint density at radius 3 is 0.719 bits per heavy atom. The minimum atomic E-state index is -5.03. The van der Waals surface area contributed by atoms with Gasteiger partial charge in [0.05, 0.1) is 0 Å². The lowest BCUT2D eigenvalue weighted by molar-refractivity contribution is 0.354. The molecule has 180 valence electrons. The van der Waals surface area contributed by atoms with Gasteiger partial charge in [-0.05, 0) is 0 Å². The molecule has 0 amide bonds. The number of rotatable bonds is 4. The van der Waals surface area contributed by atoms with E-state index in [4.69, 9.17) is 0 Å². The van der Waals surface area contributed by atoms with Crippen LogP contribution in [-0.2, 0) is 25.3 Å². The van der Waals surface area contributed by atoms with Crippen LogP contribution in [0, 0.1) is 58.2 Å². The summed E-state index contributed by atoms with van der Waals surface area (Å²) in [4.78, 5) is -4.03. The Morgan fingerprint density at radius 2 is 0.562 bits per heavy atom. The Balaban J connectivity index is 0.000000320. The molecule has 0 aromatic heterocycles. The Hall–Kier alpha value is -0.980. The molecule has 0 saturated heterocycles. The summed E-state index contributed by atoms with van der Waals surface area (Å²) < 4.78 is 178. The highest BCUT2D eigenvalue weighted by Gasteiger charge is 2.35. The zero-order valence-corrected chi connectivity index (χ0v) is 19.7. The first kappa shape index (κ1) is 29.1. The molecule has 2 rings (SSSR count). The van der Waals surface area contributed by atoms with E-state index in [2.05, 4.69) is 5.03 Å². The number of benzene rings is 2. The highest BCUT2D eigenvalue weighted by atomic mass is 127. The average Bonchev–Trinajstić information content (AvgIpc) is 2.73. The molecule has 2 aromatic rings. The molecule has 0 aliphatic rings. The summed E-state index contributed by atoms with van der Waals surface area (Å²) >= 11 is 1.48. The number of hydrogen-bond acceptors (Lipinski definition) is 6. The third kappa shape index (κ3) is 5.39. The molecule has 0 atom stereocenters. The molecular weight excluding hydrogens is 748 g/mol. The Morgan fingerprint density at radius 1 is 0.406 bits per heavy atom. The van der Waals surface area contributed by atoms with E-state index >= 15 is 0 Å². The van der Waals surface area contributed by atoms with E-state index in [9.17, 15) is 60.7 Å². The van der Waals surface area contributed by atoms with E-state index in [1.165, 1.54) is 0 Å². The molecule has 0 saturated carbocycles. The summed E-state index contributed by atoms with van der Waals surface area (Å²) in [6, 6.07) is 0. The molecule has 6 nitrogen and oxygen atoms in total. The van der Waals surface area contributed by atoms with Gasteiger partial charge in [0.1, 0.15) is 46.0 Å². The van der Waals surface area contributed by atoms with Crippen molar-refractivity contribution in [2.24, 2.45) is 0 Å². The fourth-order valence-corrected chi connectivity index (χ4v) is 4.11. The second kappa shape index (κ2) is 10.5. The van der Waals surface area contributed by atoms with Gasteiger partial charge in [-0.3, -0.25) is 0 Å². The maximum Gasteiger partial charge on any atom is 0.312 e. The van der Waals surface area contributed by atoms with E-state index < -0.39 is 88.2 Å². The molecule has 20 heteroatoms. The molecule has 0 bridgehead atoms. The van der Waals surface area contributed by atoms with Crippen molar-refractivity contribution in [3.63, 3.8) is 0 Å². The first-order valence-electron chi connectivity index (χ1n) is 6.61. The molecule has 0 radical (unpaired) electrons. The van der Waals surface area contributed by atoms with Crippen molar-refractivity contribution < 1.29 is 65.8 Å². The monoisotopic (exact) mass is 748 g/mol. The van der Waals surface area contributed by atoms with Crippen molar-refractivity contribution in [3.05, 3.63) is 58.2 Å². The first-order valence-corrected chi connectivity index (χ1v) is 11.2. The minimum absolute atomic E-state index is 0.739. The lowest BCUT2D eigenvalue weighted by atomic mass is 10.3. The smallest absolute Gasteiger partial charge is 0.202 e. The molecular formula is C12F10I2O6S2. The third-order valence-corrected chi connectivity index (χ3v) is 7.89. The van der Waals surface area contributed by atoms with Crippen LogP contribution in [0.2, 0.25) is 0 Å². The van der Waals surface area contributed by atoms with Gasteiger partial charge in [-0.1, -0.05) is 0 Å². The quantitative estimate of drug-likeness (QED) is 0.192. The molecule has 0 unspecified atom stereocenters. The third-order valence-electron chi connectivity index (χ3n) is 3.00. The maximum absolute atomic E-state index is 12.9. The van der Waals surface area contributed by atoms with Crippen LogP contribution < -0.4 is 0 Å². The highest BCUT2D eigenvalue weighted by Crippen LogP contribution is 2.29. The fraction of sp³-hybridized carbons (Fsp3) is 0. The van der Waals surface area contributed by atoms with E-state index in [1.807, 2.05) is 0 Å². The molecule has 2 aromatic carbocycles. The van der Waals surface area contributed by atoms with Crippen molar-refractivity contribution in [3.8, 4) is 0 Å². The van der Waals surface area contributed by atoms with Gasteiger partial charge in [-0.15, -0.1) is 0 Å². The van der Waals surface area contributed by atoms with Crippen LogP contribution in [0.3, 0.4) is 0 Å². The summed E-state index contributed by atoms with van der Waals surface area (Å²) in [6.45, 7) is 0. The summed E-state index contributed by atoms with van der Waals surface area (Å²) in [5.74, 6) is -24.2. The molecule has 0 N–H and O–H groups in total. The Kier molecular flexibility index (Phi) is 9.55. The summed E-state index contributed by atoms with van der Waals surface area (Å²) in [6.07, 6.45) is 0. The maximum atomic E-state index is 12.9. The fourth-order valence-electron chi connectivity index (χ4n) is 1.67. The largest absolute Gasteiger partial charge is 0.312 e. The first-order chi connectivity index (χ1) is 14.5. The summed E-state index contributed by atoms with van der Waals surface area (Å²) in [5.41, 5.74) is 0. The standard InChI is InChI=1S/2C6F5IO3S/c2*7-1-2(8)4(10)6(5(11)3(1)9)16(13,14)15-12. The summed E-state index contributed by atoms with van der Waals surface area (Å²) in [5, 5.41) is 0. The number of halogens is 12. The van der Waals surface area contributed by atoms with E-state index in [0.717, 1.165) is 46.0 Å². The summed E-state index contributed by atoms with van der Waals surface area (Å²) in [7, 11) is -10.1. The molecule has 0 heterocycles. The SMILES string of the molecule is O=S(=O)(OI)c1c(F)c(F)c(F)c(F)c1F.O=S(=O)(OI)c1c(F)c(F)c(F)c(F)c1F. The topological polar surface area (TPSA) is 86.7 Å². The van der Waals surface area contributed by atoms with Crippen molar-refractivity contribution in [2.75, 3.05) is 0 Å². The van der Waals surface area contributed by atoms with Crippen LogP contribution in [0.5, 0.6) is 0 Å². The Labute approximate surface area is 199 Å². The van der Waals surface area contributed by atoms with Gasteiger partial charge in [0.25, 0.3) is 0 Å². The van der Waals surface area contributed by atoms with Crippen LogP contribution >= 0.6 is 46.0 Å². The lowest BCUT2D eigenvalue weighted by Crippen LogP contribution is -2.12. The zero-order chi connectivity index (χ0) is 25.3. The van der Waals surface area contributed by atoms with Crippen molar-refractivity contribution >= 4 is 66.2 Å². The van der Waals surface area contributed by atoms with Gasteiger partial charge in [0.2, 0.25) is 11.6 Å². The predicted octanol–water partition coefficient (Wildman–Crippen LogP) is 4.87. The van der Waals surface area contributed by atoms with Crippen molar-refractivity contribution in [2.45, 2.75) is 9.79 Å². The lowest BCUT2D eigenvalue weighted by Gasteiger charge is -2.06. The van der Waals surface area contributed by atoms with Gasteiger partial charge in [-0.25, -0.2) is 43.9 Å². The average molecular weight is 748 g/mol. The normalized spacial score (nSPS) is 11.9. The van der Waals surface area contributed by atoms with Gasteiger partial charge >= 0.3 is 20.2 Å². The minimum Gasteiger partial charge on any atom is -0.202 e. The number of hydrogen-bond donors (Lipinski definition) is 0. The van der Waals surface area contributed by atoms with Crippen molar-refractivity contribution in [1.29, 1.82) is 0 Å². The molecule has 0 fully saturated rings. The van der Waals surface area contributed by atoms with Crippen LogP contribution in [-0.4, -0.2) is 16.8 Å². The van der Waals surface area contributed by atoms with E-state index in [1.54, 1.807) is 0 Å². The molecule has 0 aliphatic carbocycles. The van der Waals surface area contributed by atoms with Gasteiger partial charge in [0, 0.05) is 0 Å².